The van der Waals surface area contributed by atoms with Crippen LogP contribution in [0.15, 0.2) is 60.7 Å². The van der Waals surface area contributed by atoms with E-state index in [1.54, 1.807) is 0 Å². The lowest BCUT2D eigenvalue weighted by Crippen LogP contribution is -2.52. The summed E-state index contributed by atoms with van der Waals surface area (Å²) in [5, 5.41) is 2.97. The molecule has 0 saturated carbocycles. The Morgan fingerprint density at radius 2 is 1.39 bits per heavy atom. The average molecular weight is 441 g/mol. The van der Waals surface area contributed by atoms with E-state index in [0.29, 0.717) is 13.0 Å². The van der Waals surface area contributed by atoms with E-state index in [4.69, 9.17) is 10.2 Å². The Morgan fingerprint density at radius 1 is 0.935 bits per heavy atom. The molecule has 1 atom stereocenters. The Labute approximate surface area is 187 Å². The molecule has 0 aromatic heterocycles. The molecule has 0 aliphatic heterocycles. The fourth-order valence-electron chi connectivity index (χ4n) is 3.21. The van der Waals surface area contributed by atoms with Gasteiger partial charge in [-0.05, 0) is 42.6 Å². The summed E-state index contributed by atoms with van der Waals surface area (Å²) in [6.45, 7) is 13.1. The minimum atomic E-state index is -1.95. The molecule has 2 aromatic carbocycles. The predicted molar refractivity (Wildman–Crippen MR) is 128 cm³/mol. The van der Waals surface area contributed by atoms with Crippen molar-refractivity contribution in [2.75, 3.05) is 6.61 Å². The summed E-state index contributed by atoms with van der Waals surface area (Å²) in [4.78, 5) is 25.7. The molecule has 6 heteroatoms. The van der Waals surface area contributed by atoms with Gasteiger partial charge in [0, 0.05) is 6.61 Å². The lowest BCUT2D eigenvalue weighted by Gasteiger charge is -2.36. The highest BCUT2D eigenvalue weighted by molar-refractivity contribution is 6.74. The van der Waals surface area contributed by atoms with Crippen LogP contribution in [0.3, 0.4) is 0 Å². The van der Waals surface area contributed by atoms with E-state index in [1.807, 2.05) is 67.6 Å². The third-order valence-corrected chi connectivity index (χ3v) is 11.0. The monoisotopic (exact) mass is 440 g/mol. The largest absolute Gasteiger partial charge is 0.417 e. The third kappa shape index (κ3) is 5.83. The molecule has 31 heavy (non-hydrogen) atoms. The molecule has 2 aromatic rings. The molecule has 0 fully saturated rings. The molecule has 168 valence electrons. The average Bonchev–Trinajstić information content (AvgIpc) is 2.72. The van der Waals surface area contributed by atoms with E-state index in [-0.39, 0.29) is 10.9 Å². The van der Waals surface area contributed by atoms with Gasteiger partial charge in [-0.2, -0.15) is 0 Å². The van der Waals surface area contributed by atoms with Gasteiger partial charge in [0.05, 0.1) is 5.41 Å². The molecule has 0 radical (unpaired) electrons. The number of carbonyl (C=O) groups excluding carboxylic acids is 2. The Balaban J connectivity index is 2.23. The van der Waals surface area contributed by atoms with Crippen molar-refractivity contribution in [2.24, 2.45) is 5.73 Å². The van der Waals surface area contributed by atoms with Crippen LogP contribution in [0.25, 0.3) is 0 Å². The second-order valence-corrected chi connectivity index (χ2v) is 14.5. The number of nitrogens with one attached hydrogen (secondary N) is 1. The van der Waals surface area contributed by atoms with Gasteiger partial charge in [0.15, 0.2) is 8.32 Å². The summed E-state index contributed by atoms with van der Waals surface area (Å²) in [5.41, 5.74) is 6.38. The van der Waals surface area contributed by atoms with Crippen molar-refractivity contribution in [1.29, 1.82) is 0 Å². The number of rotatable bonds is 9. The van der Waals surface area contributed by atoms with Gasteiger partial charge >= 0.3 is 0 Å². The Bertz CT molecular complexity index is 837. The van der Waals surface area contributed by atoms with Crippen LogP contribution in [0.2, 0.25) is 18.1 Å². The molecule has 2 amide bonds. The molecule has 0 heterocycles. The molecular formula is C25H36N2O3Si. The third-order valence-electron chi connectivity index (χ3n) is 6.48. The Kier molecular flexibility index (Phi) is 7.84. The van der Waals surface area contributed by atoms with Crippen LogP contribution in [0.1, 0.15) is 45.2 Å². The second kappa shape index (κ2) is 9.79. The van der Waals surface area contributed by atoms with Crippen molar-refractivity contribution < 1.29 is 14.0 Å². The molecule has 0 saturated heterocycles. The standard InChI is InChI=1S/C25H36N2O3Si/c1-24(2,3)31(5,6)30-18-17-21(22(26)28)27-23(29)25(4,19-13-9-7-10-14-19)20-15-11-8-12-16-20/h7-16,21H,17-18H2,1-6H3,(H2,26,28)(H,27,29)/t21-/m1/s1. The topological polar surface area (TPSA) is 81.4 Å². The first-order chi connectivity index (χ1) is 14.4. The van der Waals surface area contributed by atoms with Gasteiger partial charge in [-0.15, -0.1) is 0 Å². The minimum absolute atomic E-state index is 0.0671. The Hall–Kier alpha value is -2.44. The van der Waals surface area contributed by atoms with Gasteiger partial charge in [0.2, 0.25) is 11.8 Å². The lowest BCUT2D eigenvalue weighted by molar-refractivity contribution is -0.130. The summed E-state index contributed by atoms with van der Waals surface area (Å²) < 4.78 is 6.19. The lowest BCUT2D eigenvalue weighted by atomic mass is 9.75. The zero-order chi connectivity index (χ0) is 23.3. The van der Waals surface area contributed by atoms with Gasteiger partial charge < -0.3 is 15.5 Å². The van der Waals surface area contributed by atoms with E-state index in [2.05, 4.69) is 39.2 Å². The molecule has 2 rings (SSSR count). The van der Waals surface area contributed by atoms with Crippen LogP contribution in [0.4, 0.5) is 0 Å². The first-order valence-electron chi connectivity index (χ1n) is 10.7. The van der Waals surface area contributed by atoms with Crippen molar-refractivity contribution in [3.63, 3.8) is 0 Å². The highest BCUT2D eigenvalue weighted by Gasteiger charge is 2.40. The Morgan fingerprint density at radius 3 is 1.77 bits per heavy atom. The number of carbonyl (C=O) groups is 2. The zero-order valence-corrected chi connectivity index (χ0v) is 20.6. The summed E-state index contributed by atoms with van der Waals surface area (Å²) >= 11 is 0. The minimum Gasteiger partial charge on any atom is -0.417 e. The molecule has 0 bridgehead atoms. The van der Waals surface area contributed by atoms with Crippen molar-refractivity contribution in [3.8, 4) is 0 Å². The maximum atomic E-state index is 13.5. The molecule has 3 N–H and O–H groups in total. The predicted octanol–water partition coefficient (Wildman–Crippen LogP) is 4.37. The number of hydrogen-bond donors (Lipinski definition) is 2. The smallest absolute Gasteiger partial charge is 0.240 e. The van der Waals surface area contributed by atoms with E-state index < -0.39 is 25.7 Å². The fourth-order valence-corrected chi connectivity index (χ4v) is 4.27. The van der Waals surface area contributed by atoms with E-state index in [9.17, 15) is 9.59 Å². The fraction of sp³-hybridized carbons (Fsp3) is 0.440. The number of amides is 2. The van der Waals surface area contributed by atoms with Crippen LogP contribution in [0, 0.1) is 0 Å². The van der Waals surface area contributed by atoms with Gasteiger partial charge in [0.1, 0.15) is 6.04 Å². The van der Waals surface area contributed by atoms with Crippen LogP contribution < -0.4 is 11.1 Å². The van der Waals surface area contributed by atoms with Crippen LogP contribution in [0.5, 0.6) is 0 Å². The van der Waals surface area contributed by atoms with Crippen LogP contribution in [-0.2, 0) is 19.4 Å². The summed E-state index contributed by atoms with van der Waals surface area (Å²) in [6.07, 6.45) is 0.341. The first kappa shape index (κ1) is 24.8. The number of primary amides is 1. The maximum Gasteiger partial charge on any atom is 0.240 e. The van der Waals surface area contributed by atoms with Crippen molar-refractivity contribution in [2.45, 2.75) is 63.7 Å². The number of benzene rings is 2. The summed E-state index contributed by atoms with van der Waals surface area (Å²) in [5.74, 6) is -0.823. The van der Waals surface area contributed by atoms with E-state index >= 15 is 0 Å². The number of hydrogen-bond acceptors (Lipinski definition) is 3. The molecule has 0 spiro atoms. The van der Waals surface area contributed by atoms with Gasteiger partial charge in [-0.25, -0.2) is 0 Å². The normalized spacial score (nSPS) is 13.5. The van der Waals surface area contributed by atoms with Crippen molar-refractivity contribution >= 4 is 20.1 Å². The molecular weight excluding hydrogens is 404 g/mol. The first-order valence-corrected chi connectivity index (χ1v) is 13.7. The van der Waals surface area contributed by atoms with E-state index in [1.165, 1.54) is 0 Å². The maximum absolute atomic E-state index is 13.5. The molecule has 0 aliphatic carbocycles. The summed E-state index contributed by atoms with van der Waals surface area (Å²) in [7, 11) is -1.95. The molecule has 0 unspecified atom stereocenters. The zero-order valence-electron chi connectivity index (χ0n) is 19.6. The van der Waals surface area contributed by atoms with Gasteiger partial charge in [-0.3, -0.25) is 9.59 Å². The quantitative estimate of drug-likeness (QED) is 0.568. The highest BCUT2D eigenvalue weighted by atomic mass is 28.4. The summed E-state index contributed by atoms with van der Waals surface area (Å²) in [6, 6.07) is 18.3. The van der Waals surface area contributed by atoms with Gasteiger partial charge in [0.25, 0.3) is 0 Å². The van der Waals surface area contributed by atoms with Crippen LogP contribution >= 0.6 is 0 Å². The van der Waals surface area contributed by atoms with Gasteiger partial charge in [-0.1, -0.05) is 81.4 Å². The van der Waals surface area contributed by atoms with Crippen molar-refractivity contribution in [1.82, 2.24) is 5.32 Å². The molecule has 0 aliphatic rings. The number of nitrogens with two attached hydrogens (primary N) is 1. The highest BCUT2D eigenvalue weighted by Crippen LogP contribution is 2.36. The van der Waals surface area contributed by atoms with Crippen molar-refractivity contribution in [3.05, 3.63) is 71.8 Å². The SMILES string of the molecule is CC(C(=O)N[C@H](CCO[Si](C)(C)C(C)(C)C)C(N)=O)(c1ccccc1)c1ccccc1. The van der Waals surface area contributed by atoms with Crippen LogP contribution in [-0.4, -0.2) is 32.8 Å². The van der Waals surface area contributed by atoms with E-state index in [0.717, 1.165) is 11.1 Å². The molecule has 5 nitrogen and oxygen atoms in total. The second-order valence-electron chi connectivity index (χ2n) is 9.68.